The number of likely N-dealkylation sites (N-methyl/N-ethyl adjacent to an activating group) is 1. The number of anilines is 2. The highest BCUT2D eigenvalue weighted by atomic mass is 15.1. The molecule has 34 heavy (non-hydrogen) atoms. The van der Waals surface area contributed by atoms with Crippen molar-refractivity contribution in [1.29, 1.82) is 0 Å². The van der Waals surface area contributed by atoms with E-state index in [2.05, 4.69) is 116 Å². The minimum Gasteiger partial charge on any atom is -0.345 e. The smallest absolute Gasteiger partial charge is 0.0523 e. The highest BCUT2D eigenvalue weighted by molar-refractivity contribution is 5.64. The van der Waals surface area contributed by atoms with Gasteiger partial charge in [0.15, 0.2) is 0 Å². The number of rotatable bonds is 6. The average Bonchev–Trinajstić information content (AvgIpc) is 2.85. The van der Waals surface area contributed by atoms with Crippen LogP contribution in [0.4, 0.5) is 11.4 Å². The zero-order valence-corrected chi connectivity index (χ0v) is 21.1. The molecule has 0 saturated carbocycles. The minimum absolute atomic E-state index is 0.453. The molecule has 0 aromatic heterocycles. The molecular formula is C31H38N3. The largest absolute Gasteiger partial charge is 0.345 e. The number of benzene rings is 3. The second-order valence-electron chi connectivity index (χ2n) is 10.6. The van der Waals surface area contributed by atoms with E-state index in [1.165, 1.54) is 39.2 Å². The van der Waals surface area contributed by atoms with Gasteiger partial charge >= 0.3 is 0 Å². The van der Waals surface area contributed by atoms with Crippen molar-refractivity contribution in [3.63, 3.8) is 0 Å². The van der Waals surface area contributed by atoms with Gasteiger partial charge in [-0.25, -0.2) is 0 Å². The lowest BCUT2D eigenvalue weighted by molar-refractivity contribution is 0.202. The van der Waals surface area contributed by atoms with Crippen LogP contribution in [0.25, 0.3) is 0 Å². The molecule has 3 nitrogen and oxygen atoms in total. The van der Waals surface area contributed by atoms with Gasteiger partial charge in [-0.1, -0.05) is 56.3 Å². The lowest BCUT2D eigenvalue weighted by Crippen LogP contribution is -2.40. The lowest BCUT2D eigenvalue weighted by Gasteiger charge is -2.38. The van der Waals surface area contributed by atoms with Gasteiger partial charge in [0.1, 0.15) is 0 Å². The molecule has 2 atom stereocenters. The summed E-state index contributed by atoms with van der Waals surface area (Å²) in [7, 11) is 4.47. The number of hydrogen-bond acceptors (Lipinski definition) is 3. The first kappa shape index (κ1) is 23.1. The standard InChI is InChI=1S/C31H38N3/c1-22(2)17-23-9-11-28(12-10-23)34(4)29-13-14-30-25(19-29)15-16-33(3)31(30)20-27-18-24-7-5-6-8-26(24)21-32-27/h5-14,19,21-22,27,31-32H,15-18,20H2,1-4H3/t27-,31?/m0/s1. The van der Waals surface area contributed by atoms with E-state index in [4.69, 9.17) is 0 Å². The van der Waals surface area contributed by atoms with Gasteiger partial charge in [-0.15, -0.1) is 0 Å². The maximum atomic E-state index is 3.68. The molecule has 1 N–H and O–H groups in total. The molecule has 5 rings (SSSR count). The van der Waals surface area contributed by atoms with E-state index in [1.807, 2.05) is 0 Å². The Labute approximate surface area is 205 Å². The Morgan fingerprint density at radius 2 is 1.74 bits per heavy atom. The van der Waals surface area contributed by atoms with Crippen molar-refractivity contribution < 1.29 is 0 Å². The molecular weight excluding hydrogens is 414 g/mol. The highest BCUT2D eigenvalue weighted by Crippen LogP contribution is 2.36. The summed E-state index contributed by atoms with van der Waals surface area (Å²) in [4.78, 5) is 4.86. The molecule has 177 valence electrons. The van der Waals surface area contributed by atoms with Gasteiger partial charge in [-0.2, -0.15) is 0 Å². The fourth-order valence-corrected chi connectivity index (χ4v) is 5.63. The van der Waals surface area contributed by atoms with E-state index >= 15 is 0 Å². The predicted octanol–water partition coefficient (Wildman–Crippen LogP) is 6.30. The van der Waals surface area contributed by atoms with Gasteiger partial charge in [0.05, 0.1) is 6.54 Å². The normalized spacial score (nSPS) is 20.1. The number of nitrogens with one attached hydrogen (secondary N) is 1. The van der Waals surface area contributed by atoms with Crippen LogP contribution in [-0.2, 0) is 19.3 Å². The van der Waals surface area contributed by atoms with Crippen LogP contribution in [0.1, 0.15) is 54.1 Å². The molecule has 3 aromatic rings. The predicted molar refractivity (Wildman–Crippen MR) is 144 cm³/mol. The van der Waals surface area contributed by atoms with Crippen molar-refractivity contribution in [3.8, 4) is 0 Å². The molecule has 0 saturated heterocycles. The van der Waals surface area contributed by atoms with Crippen LogP contribution in [-0.4, -0.2) is 31.6 Å². The van der Waals surface area contributed by atoms with Gasteiger partial charge in [0, 0.05) is 37.1 Å². The van der Waals surface area contributed by atoms with Crippen LogP contribution >= 0.6 is 0 Å². The SMILES string of the molecule is CC(C)Cc1ccc(N(C)c2ccc3c(c2)CCN(C)C3C[C@@H]2Cc3ccccc3[CH]N2)cc1. The topological polar surface area (TPSA) is 18.5 Å². The Morgan fingerprint density at radius 1 is 0.971 bits per heavy atom. The van der Waals surface area contributed by atoms with Crippen molar-refractivity contribution in [2.45, 2.75) is 51.6 Å². The summed E-state index contributed by atoms with van der Waals surface area (Å²) in [5.41, 5.74) is 9.74. The molecule has 3 aromatic carbocycles. The average molecular weight is 453 g/mol. The first-order valence-corrected chi connectivity index (χ1v) is 12.8. The molecule has 3 heteroatoms. The van der Waals surface area contributed by atoms with Gasteiger partial charge in [-0.3, -0.25) is 4.90 Å². The third-order valence-corrected chi connectivity index (χ3v) is 7.61. The summed E-state index contributed by atoms with van der Waals surface area (Å²) < 4.78 is 0. The van der Waals surface area contributed by atoms with Crippen molar-refractivity contribution in [2.75, 3.05) is 25.5 Å². The summed E-state index contributed by atoms with van der Waals surface area (Å²) in [6, 6.07) is 25.9. The van der Waals surface area contributed by atoms with E-state index < -0.39 is 0 Å². The number of nitrogens with zero attached hydrogens (tertiary/aromatic N) is 2. The van der Waals surface area contributed by atoms with E-state index in [0.717, 1.165) is 32.2 Å². The monoisotopic (exact) mass is 452 g/mol. The van der Waals surface area contributed by atoms with Crippen molar-refractivity contribution in [3.05, 3.63) is 101 Å². The van der Waals surface area contributed by atoms with Crippen LogP contribution in [0.2, 0.25) is 0 Å². The summed E-state index contributed by atoms with van der Waals surface area (Å²) in [6.07, 6.45) is 4.47. The first-order valence-electron chi connectivity index (χ1n) is 12.8. The van der Waals surface area contributed by atoms with E-state index in [9.17, 15) is 0 Å². The van der Waals surface area contributed by atoms with Gasteiger partial charge in [0.2, 0.25) is 0 Å². The Morgan fingerprint density at radius 3 is 2.53 bits per heavy atom. The van der Waals surface area contributed by atoms with Gasteiger partial charge in [0.25, 0.3) is 0 Å². The van der Waals surface area contributed by atoms with E-state index in [1.54, 1.807) is 0 Å². The Bertz CT molecular complexity index is 1120. The molecule has 2 heterocycles. The van der Waals surface area contributed by atoms with E-state index in [0.29, 0.717) is 18.0 Å². The third-order valence-electron chi connectivity index (χ3n) is 7.61. The molecule has 0 bridgehead atoms. The van der Waals surface area contributed by atoms with Crippen LogP contribution in [0.15, 0.2) is 66.7 Å². The number of fused-ring (bicyclic) bond motifs is 2. The highest BCUT2D eigenvalue weighted by Gasteiger charge is 2.29. The van der Waals surface area contributed by atoms with Crippen LogP contribution < -0.4 is 10.2 Å². The van der Waals surface area contributed by atoms with Crippen molar-refractivity contribution in [1.82, 2.24) is 10.2 Å². The summed E-state index contributed by atoms with van der Waals surface area (Å²) in [5, 5.41) is 3.68. The van der Waals surface area contributed by atoms with Gasteiger partial charge < -0.3 is 10.2 Å². The molecule has 2 aliphatic rings. The lowest BCUT2D eigenvalue weighted by atomic mass is 9.85. The third kappa shape index (κ3) is 4.92. The Hall–Kier alpha value is -2.62. The minimum atomic E-state index is 0.453. The molecule has 1 radical (unpaired) electrons. The quantitative estimate of drug-likeness (QED) is 0.474. The molecule has 1 unspecified atom stereocenters. The van der Waals surface area contributed by atoms with Crippen LogP contribution in [0, 0.1) is 12.5 Å². The Balaban J connectivity index is 1.32. The van der Waals surface area contributed by atoms with Crippen LogP contribution in [0.3, 0.4) is 0 Å². The fraction of sp³-hybridized carbons (Fsp3) is 0.387. The second kappa shape index (κ2) is 9.93. The zero-order valence-electron chi connectivity index (χ0n) is 21.1. The summed E-state index contributed by atoms with van der Waals surface area (Å²) in [5.74, 6) is 0.687. The first-order chi connectivity index (χ1) is 16.5. The van der Waals surface area contributed by atoms with Gasteiger partial charge in [-0.05, 0) is 90.7 Å². The molecule has 0 fully saturated rings. The van der Waals surface area contributed by atoms with Crippen LogP contribution in [0.5, 0.6) is 0 Å². The maximum Gasteiger partial charge on any atom is 0.0523 e. The Kier molecular flexibility index (Phi) is 6.76. The zero-order chi connectivity index (χ0) is 23.7. The fourth-order valence-electron chi connectivity index (χ4n) is 5.63. The van der Waals surface area contributed by atoms with Crippen molar-refractivity contribution in [2.24, 2.45) is 5.92 Å². The summed E-state index contributed by atoms with van der Waals surface area (Å²) in [6.45, 7) is 7.87. The number of hydrogen-bond donors (Lipinski definition) is 1. The summed E-state index contributed by atoms with van der Waals surface area (Å²) >= 11 is 0. The molecule has 0 amide bonds. The second-order valence-corrected chi connectivity index (χ2v) is 10.6. The molecule has 0 aliphatic carbocycles. The molecule has 0 spiro atoms. The van der Waals surface area contributed by atoms with E-state index in [-0.39, 0.29) is 0 Å². The maximum absolute atomic E-state index is 3.68. The molecule has 2 aliphatic heterocycles. The van der Waals surface area contributed by atoms with Crippen molar-refractivity contribution >= 4 is 11.4 Å².